The molecule has 0 unspecified atom stereocenters. The third-order valence-corrected chi connectivity index (χ3v) is 9.33. The van der Waals surface area contributed by atoms with Crippen molar-refractivity contribution in [1.29, 1.82) is 0 Å². The fourth-order valence-electron chi connectivity index (χ4n) is 4.74. The lowest BCUT2D eigenvalue weighted by Gasteiger charge is -2.17. The van der Waals surface area contributed by atoms with E-state index in [2.05, 4.69) is 15.9 Å². The van der Waals surface area contributed by atoms with Crippen LogP contribution in [0.5, 0.6) is 23.0 Å². The van der Waals surface area contributed by atoms with Crippen LogP contribution in [0.2, 0.25) is 0 Å². The molecule has 0 saturated heterocycles. The second-order valence-corrected chi connectivity index (χ2v) is 12.5. The van der Waals surface area contributed by atoms with Crippen LogP contribution in [0.15, 0.2) is 28.7 Å². The molecule has 1 aliphatic rings. The van der Waals surface area contributed by atoms with Gasteiger partial charge in [0.1, 0.15) is 0 Å². The summed E-state index contributed by atoms with van der Waals surface area (Å²) in [6.45, 7) is 4.33. The van der Waals surface area contributed by atoms with Gasteiger partial charge >= 0.3 is 11.9 Å². The number of halogens is 1. The third-order valence-electron chi connectivity index (χ3n) is 7.35. The number of nitrogens with zero attached hydrogens (tertiary/aromatic N) is 1. The maximum atomic E-state index is 12.7. The van der Waals surface area contributed by atoms with E-state index in [-0.39, 0.29) is 24.5 Å². The van der Waals surface area contributed by atoms with Gasteiger partial charge in [0.05, 0.1) is 48.6 Å². The highest BCUT2D eigenvalue weighted by atomic mass is 79.9. The number of aliphatic carboxylic acids is 2. The molecule has 44 heavy (non-hydrogen) atoms. The number of carboxylic acids is 2. The zero-order valence-electron chi connectivity index (χ0n) is 24.8. The van der Waals surface area contributed by atoms with E-state index in [1.165, 1.54) is 39.4 Å². The second kappa shape index (κ2) is 14.3. The number of hydrogen-bond acceptors (Lipinski definition) is 9. The fourth-order valence-corrected chi connectivity index (χ4v) is 6.45. The average molecular weight is 693 g/mol. The number of thiophene rings is 1. The first-order valence-electron chi connectivity index (χ1n) is 13.9. The largest absolute Gasteiger partial charge is 0.493 e. The van der Waals surface area contributed by atoms with Crippen LogP contribution in [0.3, 0.4) is 0 Å². The minimum atomic E-state index is -1.01. The van der Waals surface area contributed by atoms with Gasteiger partial charge in [-0.25, -0.2) is 0 Å². The zero-order valence-corrected chi connectivity index (χ0v) is 27.2. The molecule has 1 amide bonds. The van der Waals surface area contributed by atoms with Gasteiger partial charge in [0.25, 0.3) is 0 Å². The van der Waals surface area contributed by atoms with Crippen LogP contribution in [0.1, 0.15) is 53.9 Å². The summed E-state index contributed by atoms with van der Waals surface area (Å²) < 4.78 is 24.6. The number of fused-ring (bicyclic) bond motifs is 2. The fraction of sp³-hybridized carbons (Fsp3) is 0.419. The summed E-state index contributed by atoms with van der Waals surface area (Å²) in [6.07, 6.45) is 0.374. The van der Waals surface area contributed by atoms with Crippen LogP contribution in [-0.4, -0.2) is 66.2 Å². The molecular weight excluding hydrogens is 658 g/mol. The normalized spacial score (nSPS) is 13.7. The predicted molar refractivity (Wildman–Crippen MR) is 166 cm³/mol. The molecular formula is C31H34BrNO10S. The van der Waals surface area contributed by atoms with Crippen molar-refractivity contribution in [1.82, 2.24) is 4.90 Å². The van der Waals surface area contributed by atoms with Crippen molar-refractivity contribution in [3.63, 3.8) is 0 Å². The number of benzene rings is 2. The van der Waals surface area contributed by atoms with E-state index in [9.17, 15) is 19.2 Å². The Bertz CT molecular complexity index is 1590. The van der Waals surface area contributed by atoms with Gasteiger partial charge in [0.2, 0.25) is 5.91 Å². The van der Waals surface area contributed by atoms with Gasteiger partial charge in [-0.3, -0.25) is 19.2 Å². The van der Waals surface area contributed by atoms with Crippen LogP contribution in [0.25, 0.3) is 10.1 Å². The van der Waals surface area contributed by atoms with E-state index < -0.39 is 23.8 Å². The first-order valence-corrected chi connectivity index (χ1v) is 15.6. The Labute approximate surface area is 266 Å². The zero-order chi connectivity index (χ0) is 32.1. The number of carbonyl (C=O) groups excluding carboxylic acids is 2. The van der Waals surface area contributed by atoms with Gasteiger partial charge in [-0.15, -0.1) is 11.3 Å². The molecule has 0 saturated carbocycles. The van der Waals surface area contributed by atoms with Gasteiger partial charge < -0.3 is 34.1 Å². The molecule has 3 aromatic rings. The minimum absolute atomic E-state index is 0.0725. The van der Waals surface area contributed by atoms with Gasteiger partial charge in [-0.2, -0.15) is 0 Å². The standard InChI is InChI=1S/C31H34BrNO10S/c1-16(30(36)37)8-21(34)26-12-18-10-23(22(40-3)13-25(18)44-26)42-6-5-7-43-29-24(41-4)11-19-14-33(15-20(19)28(29)32)27(35)9-17(2)31(38)39/h10-13,16-17H,5-9,14-15H2,1-4H3,(H,36,37)(H,38,39)/t16-,17-/m0/s1. The quantitative estimate of drug-likeness (QED) is 0.148. The van der Waals surface area contributed by atoms with Crippen LogP contribution < -0.4 is 18.9 Å². The van der Waals surface area contributed by atoms with E-state index in [4.69, 9.17) is 29.2 Å². The lowest BCUT2D eigenvalue weighted by molar-refractivity contribution is -0.145. The van der Waals surface area contributed by atoms with E-state index in [0.29, 0.717) is 65.1 Å². The molecule has 4 rings (SSSR count). The molecule has 236 valence electrons. The highest BCUT2D eigenvalue weighted by Crippen LogP contribution is 2.43. The molecule has 0 spiro atoms. The Morgan fingerprint density at radius 1 is 0.886 bits per heavy atom. The number of carbonyl (C=O) groups is 4. The van der Waals surface area contributed by atoms with Crippen LogP contribution in [-0.2, 0) is 27.5 Å². The van der Waals surface area contributed by atoms with Crippen molar-refractivity contribution in [2.24, 2.45) is 11.8 Å². The van der Waals surface area contributed by atoms with Gasteiger partial charge in [-0.05, 0) is 50.6 Å². The summed E-state index contributed by atoms with van der Waals surface area (Å²) in [6, 6.07) is 7.17. The molecule has 0 aliphatic carbocycles. The van der Waals surface area contributed by atoms with E-state index in [0.717, 1.165) is 21.2 Å². The molecule has 2 N–H and O–H groups in total. The number of Topliss-reactive ketones (excluding diaryl/α,β-unsaturated/α-hetero) is 1. The van der Waals surface area contributed by atoms with Gasteiger partial charge in [-0.1, -0.05) is 13.8 Å². The average Bonchev–Trinajstić information content (AvgIpc) is 3.61. The molecule has 2 heterocycles. The van der Waals surface area contributed by atoms with Gasteiger partial charge in [0, 0.05) is 43.1 Å². The second-order valence-electron chi connectivity index (χ2n) is 10.6. The van der Waals surface area contributed by atoms with E-state index in [1.54, 1.807) is 23.1 Å². The van der Waals surface area contributed by atoms with E-state index in [1.807, 2.05) is 6.07 Å². The summed E-state index contributed by atoms with van der Waals surface area (Å²) in [5, 5.41) is 19.1. The lowest BCUT2D eigenvalue weighted by Crippen LogP contribution is -2.28. The highest BCUT2D eigenvalue weighted by molar-refractivity contribution is 9.10. The Hall–Kier alpha value is -3.84. The number of carboxylic acid groups (broad SMARTS) is 2. The van der Waals surface area contributed by atoms with Crippen molar-refractivity contribution in [2.75, 3.05) is 27.4 Å². The van der Waals surface area contributed by atoms with Crippen molar-refractivity contribution in [3.05, 3.63) is 44.7 Å². The number of ether oxygens (including phenoxy) is 4. The number of hydrogen-bond donors (Lipinski definition) is 2. The molecule has 0 radical (unpaired) electrons. The Morgan fingerprint density at radius 3 is 2.20 bits per heavy atom. The summed E-state index contributed by atoms with van der Waals surface area (Å²) in [5.74, 6) is -1.96. The Kier molecular flexibility index (Phi) is 10.7. The molecule has 13 heteroatoms. The van der Waals surface area contributed by atoms with Gasteiger partial charge in [0.15, 0.2) is 28.8 Å². The van der Waals surface area contributed by atoms with E-state index >= 15 is 0 Å². The maximum absolute atomic E-state index is 12.7. The topological polar surface area (TPSA) is 149 Å². The van der Waals surface area contributed by atoms with Crippen molar-refractivity contribution in [2.45, 2.75) is 46.2 Å². The number of rotatable bonds is 15. The molecule has 0 fully saturated rings. The first kappa shape index (κ1) is 33.1. The summed E-state index contributed by atoms with van der Waals surface area (Å²) >= 11 is 4.90. The minimum Gasteiger partial charge on any atom is -0.493 e. The third kappa shape index (κ3) is 7.44. The smallest absolute Gasteiger partial charge is 0.306 e. The number of ketones is 1. The van der Waals surface area contributed by atoms with Crippen molar-refractivity contribution >= 4 is 61.0 Å². The van der Waals surface area contributed by atoms with Crippen molar-refractivity contribution < 1.29 is 48.3 Å². The molecule has 1 aliphatic heterocycles. The van der Waals surface area contributed by atoms with Crippen LogP contribution >= 0.6 is 27.3 Å². The molecule has 11 nitrogen and oxygen atoms in total. The lowest BCUT2D eigenvalue weighted by atomic mass is 10.0. The summed E-state index contributed by atoms with van der Waals surface area (Å²) in [4.78, 5) is 49.7. The highest BCUT2D eigenvalue weighted by Gasteiger charge is 2.30. The van der Waals surface area contributed by atoms with Crippen LogP contribution in [0.4, 0.5) is 0 Å². The summed E-state index contributed by atoms with van der Waals surface area (Å²) in [7, 11) is 3.07. The summed E-state index contributed by atoms with van der Waals surface area (Å²) in [5.41, 5.74) is 1.79. The molecule has 2 aromatic carbocycles. The molecule has 2 atom stereocenters. The predicted octanol–water partition coefficient (Wildman–Crippen LogP) is 5.78. The van der Waals surface area contributed by atoms with Crippen LogP contribution in [0, 0.1) is 11.8 Å². The number of amides is 1. The molecule has 0 bridgehead atoms. The Balaban J connectivity index is 1.37. The number of methoxy groups -OCH3 is 2. The molecule has 1 aromatic heterocycles. The maximum Gasteiger partial charge on any atom is 0.306 e. The first-order chi connectivity index (χ1) is 20.9. The van der Waals surface area contributed by atoms with Crippen molar-refractivity contribution in [3.8, 4) is 23.0 Å². The monoisotopic (exact) mass is 691 g/mol. The Morgan fingerprint density at radius 2 is 1.55 bits per heavy atom. The SMILES string of the molecule is COc1cc2sc(C(=O)C[C@H](C)C(=O)O)cc2cc1OCCCOc1c(OC)cc2c(c1Br)CN(C(=O)C[C@H](C)C(=O)O)C2.